The van der Waals surface area contributed by atoms with Gasteiger partial charge in [-0.25, -0.2) is 4.98 Å². The Morgan fingerprint density at radius 1 is 1.64 bits per heavy atom. The monoisotopic (exact) mass is 153 g/mol. The van der Waals surface area contributed by atoms with Crippen LogP contribution in [-0.2, 0) is 6.61 Å². The van der Waals surface area contributed by atoms with E-state index in [-0.39, 0.29) is 6.61 Å². The topological polar surface area (TPSA) is 71.2 Å². The van der Waals surface area contributed by atoms with Crippen molar-refractivity contribution in [2.24, 2.45) is 0 Å². The third kappa shape index (κ3) is 1.59. The Morgan fingerprint density at radius 2 is 2.36 bits per heavy atom. The van der Waals surface area contributed by atoms with Gasteiger partial charge in [0.1, 0.15) is 5.82 Å². The van der Waals surface area contributed by atoms with Gasteiger partial charge in [-0.15, -0.1) is 0 Å². The van der Waals surface area contributed by atoms with Gasteiger partial charge in [0.25, 0.3) is 0 Å². The van der Waals surface area contributed by atoms with Crippen LogP contribution in [0.25, 0.3) is 0 Å². The summed E-state index contributed by atoms with van der Waals surface area (Å²) in [5.41, 5.74) is 6.89. The van der Waals surface area contributed by atoms with Crippen molar-refractivity contribution >= 4 is 11.5 Å². The molecule has 0 unspecified atom stereocenters. The van der Waals surface area contributed by atoms with E-state index in [2.05, 4.69) is 10.3 Å². The highest BCUT2D eigenvalue weighted by atomic mass is 16.3. The molecule has 60 valence electrons. The van der Waals surface area contributed by atoms with Crippen molar-refractivity contribution in [2.45, 2.75) is 6.61 Å². The normalized spacial score (nSPS) is 9.64. The third-order valence-electron chi connectivity index (χ3n) is 1.41. The van der Waals surface area contributed by atoms with E-state index in [9.17, 15) is 0 Å². The maximum atomic E-state index is 8.69. The van der Waals surface area contributed by atoms with Crippen molar-refractivity contribution < 1.29 is 5.11 Å². The van der Waals surface area contributed by atoms with Gasteiger partial charge < -0.3 is 16.2 Å². The summed E-state index contributed by atoms with van der Waals surface area (Å²) in [6.07, 6.45) is 0. The van der Waals surface area contributed by atoms with Gasteiger partial charge in [0.15, 0.2) is 0 Å². The molecule has 0 saturated heterocycles. The molecular weight excluding hydrogens is 142 g/mol. The average Bonchev–Trinajstić information content (AvgIpc) is 2.04. The van der Waals surface area contributed by atoms with Crippen molar-refractivity contribution in [2.75, 3.05) is 18.1 Å². The molecule has 0 fully saturated rings. The molecule has 0 radical (unpaired) electrons. The lowest BCUT2D eigenvalue weighted by atomic mass is 10.3. The fraction of sp³-hybridized carbons (Fsp3) is 0.286. The molecule has 0 bridgehead atoms. The first-order valence-corrected chi connectivity index (χ1v) is 3.32. The smallest absolute Gasteiger partial charge is 0.147 e. The number of nitrogens with one attached hydrogen (secondary N) is 1. The number of nitrogen functional groups attached to an aromatic ring is 1. The van der Waals surface area contributed by atoms with Gasteiger partial charge in [-0.2, -0.15) is 0 Å². The summed E-state index contributed by atoms with van der Waals surface area (Å²) in [7, 11) is 1.77. The van der Waals surface area contributed by atoms with E-state index < -0.39 is 0 Å². The molecule has 11 heavy (non-hydrogen) atoms. The fourth-order valence-corrected chi connectivity index (χ4v) is 0.817. The number of aliphatic hydroxyl groups is 1. The van der Waals surface area contributed by atoms with Gasteiger partial charge in [0.2, 0.25) is 0 Å². The lowest BCUT2D eigenvalue weighted by Gasteiger charge is -2.04. The van der Waals surface area contributed by atoms with Crippen LogP contribution in [0.5, 0.6) is 0 Å². The van der Waals surface area contributed by atoms with E-state index in [1.165, 1.54) is 0 Å². The number of pyridine rings is 1. The number of aliphatic hydroxyl groups excluding tert-OH is 1. The summed E-state index contributed by atoms with van der Waals surface area (Å²) in [6, 6.07) is 3.51. The van der Waals surface area contributed by atoms with Crippen molar-refractivity contribution in [3.63, 3.8) is 0 Å². The second-order valence-electron chi connectivity index (χ2n) is 2.14. The van der Waals surface area contributed by atoms with E-state index in [0.717, 1.165) is 5.69 Å². The summed E-state index contributed by atoms with van der Waals surface area (Å²) >= 11 is 0. The van der Waals surface area contributed by atoms with Crippen LogP contribution in [-0.4, -0.2) is 17.1 Å². The second kappa shape index (κ2) is 3.21. The maximum Gasteiger partial charge on any atom is 0.147 e. The molecule has 1 aromatic rings. The average molecular weight is 153 g/mol. The van der Waals surface area contributed by atoms with Crippen LogP contribution in [0.4, 0.5) is 11.5 Å². The molecule has 0 aromatic carbocycles. The van der Waals surface area contributed by atoms with Gasteiger partial charge in [-0.3, -0.25) is 0 Å². The first-order chi connectivity index (χ1) is 5.27. The van der Waals surface area contributed by atoms with Crippen LogP contribution in [0.2, 0.25) is 0 Å². The predicted molar refractivity (Wildman–Crippen MR) is 44.1 cm³/mol. The zero-order chi connectivity index (χ0) is 8.27. The highest BCUT2D eigenvalue weighted by Crippen LogP contribution is 2.14. The van der Waals surface area contributed by atoms with E-state index in [4.69, 9.17) is 10.8 Å². The fourth-order valence-electron chi connectivity index (χ4n) is 0.817. The zero-order valence-corrected chi connectivity index (χ0v) is 6.33. The Labute approximate surface area is 65.1 Å². The molecular formula is C7H11N3O. The number of hydrogen-bond donors (Lipinski definition) is 3. The quantitative estimate of drug-likeness (QED) is 0.567. The van der Waals surface area contributed by atoms with E-state index >= 15 is 0 Å². The minimum Gasteiger partial charge on any atom is -0.390 e. The molecule has 0 aliphatic carbocycles. The number of nitrogens with zero attached hydrogens (tertiary/aromatic N) is 1. The highest BCUT2D eigenvalue weighted by molar-refractivity contribution is 5.61. The predicted octanol–water partition coefficient (Wildman–Crippen LogP) is 0.198. The lowest BCUT2D eigenvalue weighted by Crippen LogP contribution is -2.00. The number of anilines is 2. The Morgan fingerprint density at radius 3 is 2.82 bits per heavy atom. The summed E-state index contributed by atoms with van der Waals surface area (Å²) in [5.74, 6) is 0.416. The SMILES string of the molecule is CNc1ccc(CO)nc1N. The van der Waals surface area contributed by atoms with Gasteiger partial charge in [-0.1, -0.05) is 0 Å². The highest BCUT2D eigenvalue weighted by Gasteiger charge is 1.98. The van der Waals surface area contributed by atoms with Crippen LogP contribution < -0.4 is 11.1 Å². The van der Waals surface area contributed by atoms with Crippen LogP contribution in [0.15, 0.2) is 12.1 Å². The third-order valence-corrected chi connectivity index (χ3v) is 1.41. The minimum atomic E-state index is -0.0752. The van der Waals surface area contributed by atoms with Crippen molar-refractivity contribution in [1.82, 2.24) is 4.98 Å². The number of hydrogen-bond acceptors (Lipinski definition) is 4. The Kier molecular flexibility index (Phi) is 2.28. The molecule has 0 spiro atoms. The van der Waals surface area contributed by atoms with Gasteiger partial charge in [0, 0.05) is 7.05 Å². The van der Waals surface area contributed by atoms with Crippen molar-refractivity contribution in [1.29, 1.82) is 0 Å². The molecule has 0 saturated carbocycles. The van der Waals surface area contributed by atoms with Crippen molar-refractivity contribution in [3.8, 4) is 0 Å². The molecule has 1 heterocycles. The molecule has 4 heteroatoms. The molecule has 0 aliphatic rings. The van der Waals surface area contributed by atoms with E-state index in [1.807, 2.05) is 0 Å². The first-order valence-electron chi connectivity index (χ1n) is 3.32. The maximum absolute atomic E-state index is 8.69. The zero-order valence-electron chi connectivity index (χ0n) is 6.33. The van der Waals surface area contributed by atoms with Crippen LogP contribution in [0, 0.1) is 0 Å². The van der Waals surface area contributed by atoms with Crippen LogP contribution >= 0.6 is 0 Å². The van der Waals surface area contributed by atoms with Crippen LogP contribution in [0.1, 0.15) is 5.69 Å². The Hall–Kier alpha value is -1.29. The Bertz CT molecular complexity index is 249. The summed E-state index contributed by atoms with van der Waals surface area (Å²) in [4.78, 5) is 3.93. The molecule has 4 nitrogen and oxygen atoms in total. The van der Waals surface area contributed by atoms with E-state index in [0.29, 0.717) is 11.5 Å². The summed E-state index contributed by atoms with van der Waals surface area (Å²) < 4.78 is 0. The molecule has 0 aliphatic heterocycles. The number of aromatic nitrogens is 1. The van der Waals surface area contributed by atoms with Crippen molar-refractivity contribution in [3.05, 3.63) is 17.8 Å². The summed E-state index contributed by atoms with van der Waals surface area (Å²) in [5, 5.41) is 11.6. The molecule has 1 rings (SSSR count). The molecule has 4 N–H and O–H groups in total. The second-order valence-corrected chi connectivity index (χ2v) is 2.14. The Balaban J connectivity index is 2.99. The molecule has 0 atom stereocenters. The van der Waals surface area contributed by atoms with Gasteiger partial charge in [-0.05, 0) is 12.1 Å². The first kappa shape index (κ1) is 7.81. The molecule has 1 aromatic heterocycles. The van der Waals surface area contributed by atoms with Gasteiger partial charge in [0.05, 0.1) is 18.0 Å². The number of nitrogens with two attached hydrogens (primary N) is 1. The molecule has 0 amide bonds. The van der Waals surface area contributed by atoms with Gasteiger partial charge >= 0.3 is 0 Å². The largest absolute Gasteiger partial charge is 0.390 e. The van der Waals surface area contributed by atoms with Crippen LogP contribution in [0.3, 0.4) is 0 Å². The number of rotatable bonds is 2. The van der Waals surface area contributed by atoms with E-state index in [1.54, 1.807) is 19.2 Å². The summed E-state index contributed by atoms with van der Waals surface area (Å²) in [6.45, 7) is -0.0752. The lowest BCUT2D eigenvalue weighted by molar-refractivity contribution is 0.277. The minimum absolute atomic E-state index is 0.0752. The standard InChI is InChI=1S/C7H11N3O/c1-9-6-3-2-5(4-11)10-7(6)8/h2-3,9,11H,4H2,1H3,(H2,8,10).